The van der Waals surface area contributed by atoms with Crippen molar-refractivity contribution >= 4 is 5.97 Å². The summed E-state index contributed by atoms with van der Waals surface area (Å²) in [6.45, 7) is 1.48. The van der Waals surface area contributed by atoms with E-state index in [-0.39, 0.29) is 12.1 Å². The van der Waals surface area contributed by atoms with Crippen LogP contribution in [0.25, 0.3) is 0 Å². The van der Waals surface area contributed by atoms with E-state index in [1.54, 1.807) is 0 Å². The lowest BCUT2D eigenvalue weighted by molar-refractivity contribution is -0.153. The minimum Gasteiger partial charge on any atom is -0.463 e. The third-order valence-electron chi connectivity index (χ3n) is 2.61. The molecule has 2 heteroatoms. The highest BCUT2D eigenvalue weighted by molar-refractivity contribution is 5.66. The Morgan fingerprint density at radius 1 is 1.50 bits per heavy atom. The molecule has 0 bridgehead atoms. The van der Waals surface area contributed by atoms with E-state index >= 15 is 0 Å². The monoisotopic (exact) mass is 140 g/mol. The largest absolute Gasteiger partial charge is 0.463 e. The van der Waals surface area contributed by atoms with Crippen LogP contribution in [0.15, 0.2) is 0 Å². The molecule has 2 rings (SSSR count). The summed E-state index contributed by atoms with van der Waals surface area (Å²) in [5.74, 6) is -0.125. The summed E-state index contributed by atoms with van der Waals surface area (Å²) in [6.07, 6.45) is 5.26. The highest BCUT2D eigenvalue weighted by Gasteiger charge is 2.54. The van der Waals surface area contributed by atoms with Crippen LogP contribution in [0.2, 0.25) is 0 Å². The zero-order valence-corrected chi connectivity index (χ0v) is 6.22. The van der Waals surface area contributed by atoms with Crippen molar-refractivity contribution in [2.45, 2.75) is 38.7 Å². The zero-order chi connectivity index (χ0) is 7.19. The first-order valence-corrected chi connectivity index (χ1v) is 3.87. The molecule has 0 unspecified atom stereocenters. The van der Waals surface area contributed by atoms with Gasteiger partial charge in [-0.2, -0.15) is 0 Å². The molecular weight excluding hydrogens is 128 g/mol. The van der Waals surface area contributed by atoms with Gasteiger partial charge in [-0.15, -0.1) is 0 Å². The number of hydrogen-bond acceptors (Lipinski definition) is 2. The Bertz CT molecular complexity index is 162. The van der Waals surface area contributed by atoms with E-state index < -0.39 is 0 Å². The maximum Gasteiger partial charge on any atom is 0.302 e. The molecule has 0 aliphatic heterocycles. The van der Waals surface area contributed by atoms with Crippen molar-refractivity contribution in [1.82, 2.24) is 0 Å². The van der Waals surface area contributed by atoms with Crippen molar-refractivity contribution in [2.75, 3.05) is 0 Å². The molecule has 0 amide bonds. The number of rotatable bonds is 1. The minimum absolute atomic E-state index is 0.125. The van der Waals surface area contributed by atoms with Crippen LogP contribution in [-0.2, 0) is 9.53 Å². The molecule has 56 valence electrons. The van der Waals surface area contributed by atoms with Crippen molar-refractivity contribution in [1.29, 1.82) is 0 Å². The summed E-state index contributed by atoms with van der Waals surface area (Å²) < 4.78 is 5.02. The molecular formula is C8H12O2. The van der Waals surface area contributed by atoms with Gasteiger partial charge in [-0.1, -0.05) is 0 Å². The topological polar surface area (TPSA) is 26.3 Å². The van der Waals surface area contributed by atoms with Gasteiger partial charge in [0, 0.05) is 6.92 Å². The third kappa shape index (κ3) is 0.917. The van der Waals surface area contributed by atoms with Crippen LogP contribution in [-0.4, -0.2) is 12.1 Å². The summed E-state index contributed by atoms with van der Waals surface area (Å²) in [5.41, 5.74) is 0.653. The standard InChI is InChI=1S/C8H12O2/c1-6(9)10-7-4-8(5-7)2-3-8/h7H,2-5H2,1H3. The fourth-order valence-corrected chi connectivity index (χ4v) is 1.81. The molecule has 1 spiro atoms. The predicted octanol–water partition coefficient (Wildman–Crippen LogP) is 1.49. The molecule has 0 aromatic carbocycles. The molecule has 0 radical (unpaired) electrons. The van der Waals surface area contributed by atoms with E-state index in [9.17, 15) is 4.79 Å². The second-order valence-electron chi connectivity index (χ2n) is 3.64. The van der Waals surface area contributed by atoms with Gasteiger partial charge in [-0.05, 0) is 31.1 Å². The SMILES string of the molecule is CC(=O)OC1CC2(CC2)C1. The van der Waals surface area contributed by atoms with Gasteiger partial charge >= 0.3 is 5.97 Å². The number of esters is 1. The van der Waals surface area contributed by atoms with Gasteiger partial charge in [0.15, 0.2) is 0 Å². The Labute approximate surface area is 60.6 Å². The molecule has 2 fully saturated rings. The van der Waals surface area contributed by atoms with Crippen molar-refractivity contribution < 1.29 is 9.53 Å². The lowest BCUT2D eigenvalue weighted by Gasteiger charge is -2.34. The Morgan fingerprint density at radius 3 is 2.50 bits per heavy atom. The number of carbonyl (C=O) groups excluding carboxylic acids is 1. The highest BCUT2D eigenvalue weighted by Crippen LogP contribution is 2.61. The first-order chi connectivity index (χ1) is 4.70. The second-order valence-corrected chi connectivity index (χ2v) is 3.64. The maximum absolute atomic E-state index is 10.5. The van der Waals surface area contributed by atoms with Crippen LogP contribution in [0, 0.1) is 5.41 Å². The lowest BCUT2D eigenvalue weighted by Crippen LogP contribution is -2.33. The Morgan fingerprint density at radius 2 is 2.10 bits per heavy atom. The number of hydrogen-bond donors (Lipinski definition) is 0. The molecule has 10 heavy (non-hydrogen) atoms. The van der Waals surface area contributed by atoms with Crippen LogP contribution in [0.3, 0.4) is 0 Å². The molecule has 0 atom stereocenters. The number of carbonyl (C=O) groups is 1. The molecule has 2 saturated carbocycles. The van der Waals surface area contributed by atoms with Crippen LogP contribution < -0.4 is 0 Å². The highest BCUT2D eigenvalue weighted by atomic mass is 16.5. The van der Waals surface area contributed by atoms with Crippen LogP contribution >= 0.6 is 0 Å². The fraction of sp³-hybridized carbons (Fsp3) is 0.875. The van der Waals surface area contributed by atoms with E-state index in [4.69, 9.17) is 4.74 Å². The molecule has 0 saturated heterocycles. The Hall–Kier alpha value is -0.530. The van der Waals surface area contributed by atoms with Gasteiger partial charge in [0.1, 0.15) is 6.10 Å². The summed E-state index contributed by atoms with van der Waals surface area (Å²) in [6, 6.07) is 0. The van der Waals surface area contributed by atoms with Gasteiger partial charge < -0.3 is 4.74 Å². The van der Waals surface area contributed by atoms with Crippen molar-refractivity contribution in [3.8, 4) is 0 Å². The van der Waals surface area contributed by atoms with Gasteiger partial charge in [0.05, 0.1) is 0 Å². The first kappa shape index (κ1) is 6.20. The van der Waals surface area contributed by atoms with Crippen LogP contribution in [0.1, 0.15) is 32.6 Å². The third-order valence-corrected chi connectivity index (χ3v) is 2.61. The fourth-order valence-electron chi connectivity index (χ4n) is 1.81. The quantitative estimate of drug-likeness (QED) is 0.516. The summed E-state index contributed by atoms with van der Waals surface area (Å²) in [4.78, 5) is 10.5. The predicted molar refractivity (Wildman–Crippen MR) is 36.5 cm³/mol. The van der Waals surface area contributed by atoms with Gasteiger partial charge in [0.25, 0.3) is 0 Å². The van der Waals surface area contributed by atoms with E-state index in [0.717, 1.165) is 12.8 Å². The molecule has 0 heterocycles. The Balaban J connectivity index is 1.75. The summed E-state index contributed by atoms with van der Waals surface area (Å²) >= 11 is 0. The molecule has 0 aromatic rings. The summed E-state index contributed by atoms with van der Waals surface area (Å²) in [5, 5.41) is 0. The number of ether oxygens (including phenoxy) is 1. The average Bonchev–Trinajstić information content (AvgIpc) is 2.41. The van der Waals surface area contributed by atoms with Gasteiger partial charge in [0.2, 0.25) is 0 Å². The van der Waals surface area contributed by atoms with E-state index in [2.05, 4.69) is 0 Å². The second kappa shape index (κ2) is 1.74. The van der Waals surface area contributed by atoms with Crippen LogP contribution in [0.4, 0.5) is 0 Å². The van der Waals surface area contributed by atoms with E-state index in [1.165, 1.54) is 19.8 Å². The van der Waals surface area contributed by atoms with Gasteiger partial charge in [-0.3, -0.25) is 4.79 Å². The molecule has 0 aromatic heterocycles. The van der Waals surface area contributed by atoms with Crippen molar-refractivity contribution in [3.05, 3.63) is 0 Å². The molecule has 2 aliphatic carbocycles. The Kier molecular flexibility index (Phi) is 1.08. The maximum atomic E-state index is 10.5. The zero-order valence-electron chi connectivity index (χ0n) is 6.22. The summed E-state index contributed by atoms with van der Waals surface area (Å²) in [7, 11) is 0. The van der Waals surface area contributed by atoms with Gasteiger partial charge in [-0.25, -0.2) is 0 Å². The van der Waals surface area contributed by atoms with Crippen molar-refractivity contribution in [2.24, 2.45) is 5.41 Å². The van der Waals surface area contributed by atoms with E-state index in [1.807, 2.05) is 0 Å². The minimum atomic E-state index is -0.125. The molecule has 0 N–H and O–H groups in total. The lowest BCUT2D eigenvalue weighted by atomic mass is 9.79. The molecule has 2 aliphatic rings. The normalized spacial score (nSPS) is 27.7. The molecule has 2 nitrogen and oxygen atoms in total. The average molecular weight is 140 g/mol. The first-order valence-electron chi connectivity index (χ1n) is 3.87. The smallest absolute Gasteiger partial charge is 0.302 e. The van der Waals surface area contributed by atoms with Crippen LogP contribution in [0.5, 0.6) is 0 Å². The van der Waals surface area contributed by atoms with E-state index in [0.29, 0.717) is 5.41 Å². The van der Waals surface area contributed by atoms with Crippen molar-refractivity contribution in [3.63, 3.8) is 0 Å².